The minimum absolute atomic E-state index is 0.183. The lowest BCUT2D eigenvalue weighted by Crippen LogP contribution is -2.47. The van der Waals surface area contributed by atoms with E-state index in [0.29, 0.717) is 12.3 Å². The number of hydrogen-bond donors (Lipinski definition) is 2. The lowest BCUT2D eigenvalue weighted by atomic mass is 10.1. The molecule has 0 aliphatic carbocycles. The van der Waals surface area contributed by atoms with E-state index >= 15 is 0 Å². The van der Waals surface area contributed by atoms with E-state index in [2.05, 4.69) is 10.6 Å². The summed E-state index contributed by atoms with van der Waals surface area (Å²) in [6, 6.07) is 4.47. The van der Waals surface area contributed by atoms with Crippen LogP contribution in [0.3, 0.4) is 0 Å². The van der Waals surface area contributed by atoms with Crippen LogP contribution in [0.25, 0.3) is 0 Å². The smallest absolute Gasteiger partial charge is 0.329 e. The van der Waals surface area contributed by atoms with Crippen LogP contribution in [-0.4, -0.2) is 65.8 Å². The number of nitrogens with one attached hydrogen (secondary N) is 2. The average molecular weight is 436 g/mol. The lowest BCUT2D eigenvalue weighted by molar-refractivity contribution is -0.152. The first-order valence-corrected chi connectivity index (χ1v) is 10.9. The monoisotopic (exact) mass is 435 g/mol. The Morgan fingerprint density at radius 2 is 1.70 bits per heavy atom. The molecule has 0 saturated carbocycles. The number of urea groups is 1. The molecule has 1 aliphatic heterocycles. The van der Waals surface area contributed by atoms with E-state index in [1.54, 1.807) is 12.1 Å². The minimum Gasteiger partial charge on any atom is -0.454 e. The molecule has 30 heavy (non-hydrogen) atoms. The maximum Gasteiger partial charge on any atom is 0.329 e. The van der Waals surface area contributed by atoms with Crippen LogP contribution in [0.4, 0.5) is 4.79 Å². The van der Waals surface area contributed by atoms with Crippen molar-refractivity contribution in [2.75, 3.05) is 25.2 Å². The van der Waals surface area contributed by atoms with Gasteiger partial charge in [-0.25, -0.2) is 9.59 Å². The second-order valence-corrected chi connectivity index (χ2v) is 8.07. The predicted molar refractivity (Wildman–Crippen MR) is 111 cm³/mol. The summed E-state index contributed by atoms with van der Waals surface area (Å²) in [5.41, 5.74) is 0.452. The second-order valence-electron chi connectivity index (χ2n) is 7.08. The van der Waals surface area contributed by atoms with E-state index < -0.39 is 42.4 Å². The third-order valence-corrected chi connectivity index (χ3v) is 4.92. The maximum atomic E-state index is 12.7. The lowest BCUT2D eigenvalue weighted by Gasteiger charge is -2.24. The molecular formula is C20H25N3O6S. The highest BCUT2D eigenvalue weighted by Crippen LogP contribution is 2.26. The number of ether oxygens (including phenoxy) is 1. The molecule has 1 aromatic rings. The number of fused-ring (bicyclic) bond motifs is 1. The Kier molecular flexibility index (Phi) is 8.40. The minimum atomic E-state index is -1.16. The summed E-state index contributed by atoms with van der Waals surface area (Å²) in [5, 5.41) is 4.56. The summed E-state index contributed by atoms with van der Waals surface area (Å²) in [6.45, 7) is 3.48. The fraction of sp³-hybridized carbons (Fsp3) is 0.450. The number of thioether (sulfide) groups is 1. The van der Waals surface area contributed by atoms with Crippen LogP contribution in [-0.2, 0) is 14.3 Å². The third kappa shape index (κ3) is 5.82. The summed E-state index contributed by atoms with van der Waals surface area (Å²) in [6.07, 6.45) is 2.01. The topological polar surface area (TPSA) is 122 Å². The number of nitrogens with zero attached hydrogens (tertiary/aromatic N) is 1. The van der Waals surface area contributed by atoms with Gasteiger partial charge in [0.1, 0.15) is 6.04 Å². The van der Waals surface area contributed by atoms with Gasteiger partial charge < -0.3 is 10.1 Å². The Bertz CT molecular complexity index is 807. The molecule has 10 heteroatoms. The molecule has 5 amide bonds. The van der Waals surface area contributed by atoms with Crippen molar-refractivity contribution in [1.82, 2.24) is 15.5 Å². The molecule has 1 aliphatic rings. The molecule has 2 N–H and O–H groups in total. The molecule has 0 radical (unpaired) electrons. The van der Waals surface area contributed by atoms with Gasteiger partial charge in [0, 0.05) is 6.54 Å². The largest absolute Gasteiger partial charge is 0.454 e. The zero-order valence-electron chi connectivity index (χ0n) is 17.1. The van der Waals surface area contributed by atoms with Gasteiger partial charge in [0.05, 0.1) is 11.1 Å². The normalized spacial score (nSPS) is 13.8. The standard InChI is InChI=1S/C20H25N3O6S/c1-12(2)10-21-20(28)22-16(24)11-29-19(27)15(8-9-30-3)23-17(25)13-6-4-5-7-14(13)18(23)26/h4-7,12,15H,8-11H2,1-3H3,(H2,21,22,24,28)/t15-/m0/s1. The number of esters is 1. The first-order chi connectivity index (χ1) is 14.3. The molecule has 2 rings (SSSR count). The summed E-state index contributed by atoms with van der Waals surface area (Å²) < 4.78 is 5.01. The van der Waals surface area contributed by atoms with E-state index in [9.17, 15) is 24.0 Å². The zero-order chi connectivity index (χ0) is 22.3. The Morgan fingerprint density at radius 3 is 2.23 bits per heavy atom. The Morgan fingerprint density at radius 1 is 1.10 bits per heavy atom. The molecule has 1 heterocycles. The highest BCUT2D eigenvalue weighted by atomic mass is 32.2. The van der Waals surface area contributed by atoms with Crippen molar-refractivity contribution in [3.05, 3.63) is 35.4 Å². The van der Waals surface area contributed by atoms with Crippen molar-refractivity contribution in [3.8, 4) is 0 Å². The summed E-state index contributed by atoms with van der Waals surface area (Å²) in [5.74, 6) is -2.13. The predicted octanol–water partition coefficient (Wildman–Crippen LogP) is 1.43. The van der Waals surface area contributed by atoms with Crippen LogP contribution >= 0.6 is 11.8 Å². The zero-order valence-corrected chi connectivity index (χ0v) is 17.9. The molecule has 0 unspecified atom stereocenters. The second kappa shape index (κ2) is 10.8. The molecule has 0 spiro atoms. The Labute approximate surface area is 178 Å². The van der Waals surface area contributed by atoms with Crippen molar-refractivity contribution in [2.45, 2.75) is 26.3 Å². The third-order valence-electron chi connectivity index (χ3n) is 4.27. The van der Waals surface area contributed by atoms with Crippen molar-refractivity contribution >= 4 is 41.5 Å². The Balaban J connectivity index is 2.01. The van der Waals surface area contributed by atoms with Crippen LogP contribution < -0.4 is 10.6 Å². The molecule has 0 fully saturated rings. The average Bonchev–Trinajstić information content (AvgIpc) is 2.96. The molecule has 0 saturated heterocycles. The van der Waals surface area contributed by atoms with Crippen molar-refractivity contribution in [1.29, 1.82) is 0 Å². The van der Waals surface area contributed by atoms with Gasteiger partial charge in [-0.05, 0) is 36.5 Å². The van der Waals surface area contributed by atoms with Crippen LogP contribution in [0, 0.1) is 5.92 Å². The highest BCUT2D eigenvalue weighted by Gasteiger charge is 2.43. The molecule has 0 bridgehead atoms. The van der Waals surface area contributed by atoms with Gasteiger partial charge in [0.25, 0.3) is 17.7 Å². The van der Waals surface area contributed by atoms with Gasteiger partial charge in [0.2, 0.25) is 0 Å². The maximum absolute atomic E-state index is 12.7. The van der Waals surface area contributed by atoms with E-state index in [1.807, 2.05) is 20.1 Å². The van der Waals surface area contributed by atoms with E-state index in [4.69, 9.17) is 4.74 Å². The first-order valence-electron chi connectivity index (χ1n) is 9.46. The van der Waals surface area contributed by atoms with Crippen LogP contribution in [0.1, 0.15) is 41.0 Å². The number of benzene rings is 1. The summed E-state index contributed by atoms with van der Waals surface area (Å²) >= 11 is 1.44. The number of carbonyl (C=O) groups excluding carboxylic acids is 5. The summed E-state index contributed by atoms with van der Waals surface area (Å²) in [7, 11) is 0. The van der Waals surface area contributed by atoms with Gasteiger partial charge in [-0.3, -0.25) is 24.6 Å². The highest BCUT2D eigenvalue weighted by molar-refractivity contribution is 7.98. The number of carbonyl (C=O) groups is 5. The number of amides is 5. The van der Waals surface area contributed by atoms with Gasteiger partial charge in [0.15, 0.2) is 6.61 Å². The van der Waals surface area contributed by atoms with Crippen LogP contribution in [0.5, 0.6) is 0 Å². The molecule has 1 atom stereocenters. The quantitative estimate of drug-likeness (QED) is 0.444. The van der Waals surface area contributed by atoms with Crippen molar-refractivity contribution in [3.63, 3.8) is 0 Å². The number of imide groups is 2. The molecule has 1 aromatic carbocycles. The van der Waals surface area contributed by atoms with Crippen molar-refractivity contribution in [2.24, 2.45) is 5.92 Å². The molecule has 9 nitrogen and oxygen atoms in total. The molecule has 0 aromatic heterocycles. The van der Waals surface area contributed by atoms with Gasteiger partial charge >= 0.3 is 12.0 Å². The van der Waals surface area contributed by atoms with Crippen LogP contribution in [0.15, 0.2) is 24.3 Å². The number of hydrogen-bond acceptors (Lipinski definition) is 7. The first kappa shape index (κ1) is 23.4. The van der Waals surface area contributed by atoms with Gasteiger partial charge in [-0.15, -0.1) is 0 Å². The summed E-state index contributed by atoms with van der Waals surface area (Å²) in [4.78, 5) is 62.4. The van der Waals surface area contributed by atoms with Crippen LogP contribution in [0.2, 0.25) is 0 Å². The fourth-order valence-corrected chi connectivity index (χ4v) is 3.27. The SMILES string of the molecule is CSCC[C@@H](C(=O)OCC(=O)NC(=O)NCC(C)C)N1C(=O)c2ccccc2C1=O. The Hall–Kier alpha value is -2.88. The molecule has 162 valence electrons. The fourth-order valence-electron chi connectivity index (χ4n) is 2.81. The number of rotatable bonds is 9. The van der Waals surface area contributed by atoms with Gasteiger partial charge in [-0.1, -0.05) is 26.0 Å². The van der Waals surface area contributed by atoms with Crippen molar-refractivity contribution < 1.29 is 28.7 Å². The van der Waals surface area contributed by atoms with E-state index in [0.717, 1.165) is 4.90 Å². The van der Waals surface area contributed by atoms with E-state index in [-0.39, 0.29) is 23.5 Å². The molecular weight excluding hydrogens is 410 g/mol. The van der Waals surface area contributed by atoms with E-state index in [1.165, 1.54) is 23.9 Å². The van der Waals surface area contributed by atoms with Gasteiger partial charge in [-0.2, -0.15) is 11.8 Å².